The number of hydrogen-bond donors (Lipinski definition) is 2. The molecule has 0 saturated carbocycles. The van der Waals surface area contributed by atoms with E-state index in [1.54, 1.807) is 0 Å². The summed E-state index contributed by atoms with van der Waals surface area (Å²) in [4.78, 5) is 0. The second kappa shape index (κ2) is 11.0. The second-order valence-electron chi connectivity index (χ2n) is 0.792. The fraction of sp³-hybridized carbons (Fsp3) is 0. The van der Waals surface area contributed by atoms with Crippen molar-refractivity contribution in [1.29, 1.82) is 0 Å². The van der Waals surface area contributed by atoms with Crippen LogP contribution < -0.4 is 60.8 Å². The van der Waals surface area contributed by atoms with E-state index in [1.165, 1.54) is 0 Å². The van der Waals surface area contributed by atoms with Gasteiger partial charge in [-0.15, -0.1) is 0 Å². The molecule has 0 aromatic heterocycles. The summed E-state index contributed by atoms with van der Waals surface area (Å²) in [5.41, 5.74) is 0. The normalized spacial score (nSPS) is 10.0. The molecule has 0 saturated heterocycles. The van der Waals surface area contributed by atoms with Crippen molar-refractivity contribution in [2.45, 2.75) is 0 Å². The third-order valence-electron chi connectivity index (χ3n) is 0. The Morgan fingerprint density at radius 1 is 0.667 bits per heavy atom. The summed E-state index contributed by atoms with van der Waals surface area (Å²) in [5, 5.41) is 0. The van der Waals surface area contributed by atoms with Gasteiger partial charge in [0.2, 0.25) is 0 Å². The fourth-order valence-electron chi connectivity index (χ4n) is 0. The van der Waals surface area contributed by atoms with E-state index in [0.717, 1.165) is 0 Å². The SMILES string of the molecule is [Ag+].[Ba+2].[O-][I+3]([O-])([O-])O.[O-][I+3]([O-])([O-])O. The summed E-state index contributed by atoms with van der Waals surface area (Å²) in [6.07, 6.45) is 0. The zero-order valence-corrected chi connectivity index (χ0v) is 15.3. The van der Waals surface area contributed by atoms with Gasteiger partial charge in [-0.25, -0.2) is 0 Å². The van der Waals surface area contributed by atoms with Gasteiger partial charge < -0.3 is 0 Å². The minimum absolute atomic E-state index is 0. The van der Waals surface area contributed by atoms with Crippen molar-refractivity contribution in [3.8, 4) is 0 Å². The second-order valence-corrected chi connectivity index (χ2v) is 5.31. The molecular formula is H2AgBaI2O8+3. The van der Waals surface area contributed by atoms with Crippen molar-refractivity contribution in [1.82, 2.24) is 0 Å². The predicted octanol–water partition coefficient (Wildman–Crippen LogP) is -14.6. The Morgan fingerprint density at radius 3 is 0.667 bits per heavy atom. The molecule has 12 heteroatoms. The first-order chi connectivity index (χ1) is 4.00. The van der Waals surface area contributed by atoms with Gasteiger partial charge in [-0.05, 0) is 0 Å². The Morgan fingerprint density at radius 2 is 0.667 bits per heavy atom. The minimum atomic E-state index is -5.69. The van der Waals surface area contributed by atoms with Crippen LogP contribution in [0.4, 0.5) is 0 Å². The summed E-state index contributed by atoms with van der Waals surface area (Å²) in [6, 6.07) is 0. The fourth-order valence-corrected chi connectivity index (χ4v) is 0. The standard InChI is InChI=1S/Ag.Ba.2HIO4/c;;2*2-1(3,4)5/h;;2*2H/q+1;+2;;. The quantitative estimate of drug-likeness (QED) is 0.196. The Hall–Kier alpha value is 3.45. The molecule has 0 aliphatic rings. The maximum Gasteiger partial charge on any atom is 2.00 e. The maximum atomic E-state index is 8.73. The van der Waals surface area contributed by atoms with Crippen LogP contribution in [-0.4, -0.2) is 55.8 Å². The third kappa shape index (κ3) is 175. The van der Waals surface area contributed by atoms with Crippen LogP contribution in [0.3, 0.4) is 0 Å². The Kier molecular flexibility index (Phi) is 22.5. The first-order valence-electron chi connectivity index (χ1n) is 1.26. The van der Waals surface area contributed by atoms with Gasteiger partial charge in [-0.1, -0.05) is 0 Å². The van der Waals surface area contributed by atoms with E-state index in [0.29, 0.717) is 0 Å². The summed E-state index contributed by atoms with van der Waals surface area (Å²) in [7, 11) is 0. The van der Waals surface area contributed by atoms with Gasteiger partial charge in [0.15, 0.2) is 0 Å². The summed E-state index contributed by atoms with van der Waals surface area (Å²) in [6.45, 7) is 0. The molecule has 0 aromatic carbocycles. The van der Waals surface area contributed by atoms with E-state index in [1.807, 2.05) is 0 Å². The molecule has 74 valence electrons. The molecule has 0 aromatic rings. The average molecular weight is 629 g/mol. The third-order valence-corrected chi connectivity index (χ3v) is 0. The van der Waals surface area contributed by atoms with E-state index in [-0.39, 0.29) is 71.3 Å². The van der Waals surface area contributed by atoms with Crippen LogP contribution in [0.15, 0.2) is 0 Å². The van der Waals surface area contributed by atoms with Crippen LogP contribution in [0.25, 0.3) is 0 Å². The summed E-state index contributed by atoms with van der Waals surface area (Å²) in [5.74, 6) is 0. The van der Waals surface area contributed by atoms with Crippen LogP contribution in [0.1, 0.15) is 0 Å². The Balaban J connectivity index is -0.0000000457. The van der Waals surface area contributed by atoms with Gasteiger partial charge in [0.1, 0.15) is 0 Å². The molecule has 0 spiro atoms. The zero-order valence-electron chi connectivity index (χ0n) is 5.11. The maximum absolute atomic E-state index is 8.73. The van der Waals surface area contributed by atoms with Crippen LogP contribution in [0.5, 0.6) is 0 Å². The molecule has 0 heterocycles. The van der Waals surface area contributed by atoms with Crippen molar-refractivity contribution in [2.75, 3.05) is 0 Å². The molecule has 0 amide bonds. The summed E-state index contributed by atoms with van der Waals surface area (Å²) >= 11 is -11.4. The summed E-state index contributed by atoms with van der Waals surface area (Å²) < 4.78 is 66.4. The minimum Gasteiger partial charge on any atom is -0.256 e. The van der Waals surface area contributed by atoms with Gasteiger partial charge >= 0.3 is 111 Å². The molecule has 8 nitrogen and oxygen atoms in total. The number of halogens is 2. The van der Waals surface area contributed by atoms with Gasteiger partial charge in [-0.2, -0.15) is 0 Å². The molecule has 0 aliphatic heterocycles. The predicted molar refractivity (Wildman–Crippen MR) is 10.2 cm³/mol. The van der Waals surface area contributed by atoms with Crippen molar-refractivity contribution in [3.05, 3.63) is 0 Å². The average Bonchev–Trinajstić information content (AvgIpc) is 1.12. The van der Waals surface area contributed by atoms with Gasteiger partial charge in [0.05, 0.1) is 0 Å². The topological polar surface area (TPSA) is 179 Å². The van der Waals surface area contributed by atoms with Crippen LogP contribution >= 0.6 is 0 Å². The molecular weight excluding hydrogens is 627 g/mol. The number of rotatable bonds is 0. The molecule has 12 heavy (non-hydrogen) atoms. The Bertz CT molecular complexity index is 60.0. The van der Waals surface area contributed by atoms with E-state index >= 15 is 0 Å². The molecule has 2 N–H and O–H groups in total. The molecule has 0 fully saturated rings. The van der Waals surface area contributed by atoms with Gasteiger partial charge in [0, 0.05) is 6.87 Å². The first-order valence-corrected chi connectivity index (χ1v) is 8.48. The number of hydrogen-bond acceptors (Lipinski definition) is 8. The van der Waals surface area contributed by atoms with E-state index in [2.05, 4.69) is 0 Å². The van der Waals surface area contributed by atoms with Gasteiger partial charge in [-0.3, -0.25) is 20.6 Å². The molecule has 0 bridgehead atoms. The first kappa shape index (κ1) is 24.6. The molecule has 0 unspecified atom stereocenters. The molecule has 0 radical (unpaired) electrons. The van der Waals surface area contributed by atoms with E-state index in [4.69, 9.17) is 27.5 Å². The molecule has 0 atom stereocenters. The van der Waals surface area contributed by atoms with E-state index < -0.39 is 40.2 Å². The smallest absolute Gasteiger partial charge is 0.256 e. The van der Waals surface area contributed by atoms with Crippen molar-refractivity contribution in [2.24, 2.45) is 0 Å². The monoisotopic (exact) mass is 629 g/mol. The van der Waals surface area contributed by atoms with Crippen LogP contribution in [0, 0.1) is 0 Å². The van der Waals surface area contributed by atoms with Crippen LogP contribution in [0.2, 0.25) is 0 Å². The van der Waals surface area contributed by atoms with Gasteiger partial charge in [0.25, 0.3) is 0 Å². The largest absolute Gasteiger partial charge is 2.00 e. The Labute approximate surface area is 136 Å². The van der Waals surface area contributed by atoms with Crippen molar-refractivity contribution >= 4 is 48.9 Å². The zero-order chi connectivity index (χ0) is 9.00. The van der Waals surface area contributed by atoms with Crippen molar-refractivity contribution < 1.29 is 90.1 Å². The van der Waals surface area contributed by atoms with E-state index in [9.17, 15) is 0 Å². The van der Waals surface area contributed by atoms with Crippen LogP contribution in [-0.2, 0) is 22.4 Å². The molecule has 0 rings (SSSR count). The molecule has 0 aliphatic carbocycles. The van der Waals surface area contributed by atoms with Crippen molar-refractivity contribution in [3.63, 3.8) is 0 Å².